The van der Waals surface area contributed by atoms with Crippen LogP contribution in [-0.2, 0) is 21.9 Å². The van der Waals surface area contributed by atoms with Crippen LogP contribution in [0.4, 0.5) is 5.95 Å². The maximum Gasteiger partial charge on any atom is 0.251 e. The Kier molecular flexibility index (Phi) is 5.94. The van der Waals surface area contributed by atoms with Gasteiger partial charge in [-0.25, -0.2) is 8.42 Å². The van der Waals surface area contributed by atoms with Gasteiger partial charge in [-0.2, -0.15) is 9.29 Å². The first-order chi connectivity index (χ1) is 14.9. The number of amides is 1. The second-order valence-electron chi connectivity index (χ2n) is 7.96. The molecule has 1 aromatic carbocycles. The summed E-state index contributed by atoms with van der Waals surface area (Å²) in [6, 6.07) is 4.99. The van der Waals surface area contributed by atoms with Crippen LogP contribution in [-0.4, -0.2) is 51.5 Å². The van der Waals surface area contributed by atoms with Gasteiger partial charge in [0.2, 0.25) is 15.9 Å². The zero-order valence-electron chi connectivity index (χ0n) is 18.1. The molecule has 1 saturated carbocycles. The van der Waals surface area contributed by atoms with Crippen molar-refractivity contribution in [2.45, 2.75) is 50.8 Å². The van der Waals surface area contributed by atoms with Crippen molar-refractivity contribution in [1.82, 2.24) is 24.1 Å². The highest BCUT2D eigenvalue weighted by molar-refractivity contribution is 7.89. The normalized spacial score (nSPS) is 15.7. The number of hydrogen-bond acceptors (Lipinski definition) is 6. The molecule has 1 N–H and O–H groups in total. The summed E-state index contributed by atoms with van der Waals surface area (Å²) in [6.45, 7) is 4.43. The molecule has 1 amide bonds. The molecule has 0 spiro atoms. The average molecular weight is 445 g/mol. The molecule has 0 radical (unpaired) electrons. The molecule has 2 heterocycles. The third-order valence-corrected chi connectivity index (χ3v) is 8.17. The summed E-state index contributed by atoms with van der Waals surface area (Å²) in [4.78, 5) is 17.3. The standard InChI is InChI=1S/C21H28N6O3S/c1-4-27(5-2)31(29,30)15-11-12-17-16(13-15)18-19(26(17)3)22-21(25-24-18)23-20(28)14-9-7-6-8-10-14/h11-14H,4-10H2,1-3H3,(H,22,23,25,28). The molecule has 4 rings (SSSR count). The quantitative estimate of drug-likeness (QED) is 0.626. The fourth-order valence-corrected chi connectivity index (χ4v) is 5.83. The third kappa shape index (κ3) is 3.89. The first kappa shape index (κ1) is 21.6. The zero-order chi connectivity index (χ0) is 22.2. The lowest BCUT2D eigenvalue weighted by atomic mass is 9.89. The minimum absolute atomic E-state index is 0.00614. The monoisotopic (exact) mass is 444 g/mol. The Hall–Kier alpha value is -2.59. The number of nitrogens with one attached hydrogen (secondary N) is 1. The van der Waals surface area contributed by atoms with Crippen LogP contribution in [0.2, 0.25) is 0 Å². The maximum atomic E-state index is 12.9. The van der Waals surface area contributed by atoms with E-state index in [0.29, 0.717) is 29.6 Å². The summed E-state index contributed by atoms with van der Waals surface area (Å²) >= 11 is 0. The second kappa shape index (κ2) is 8.51. The van der Waals surface area contributed by atoms with Crippen LogP contribution in [0.1, 0.15) is 46.0 Å². The van der Waals surface area contributed by atoms with E-state index in [0.717, 1.165) is 31.2 Å². The van der Waals surface area contributed by atoms with Crippen molar-refractivity contribution in [2.24, 2.45) is 13.0 Å². The SMILES string of the molecule is CCN(CC)S(=O)(=O)c1ccc2c(c1)c1nnc(NC(=O)C3CCCCC3)nc1n2C. The largest absolute Gasteiger partial charge is 0.327 e. The molecule has 0 bridgehead atoms. The highest BCUT2D eigenvalue weighted by Gasteiger charge is 2.25. The lowest BCUT2D eigenvalue weighted by molar-refractivity contribution is -0.120. The number of fused-ring (bicyclic) bond motifs is 3. The van der Waals surface area contributed by atoms with Crippen molar-refractivity contribution >= 4 is 43.9 Å². The molecule has 1 aliphatic rings. The molecule has 9 nitrogen and oxygen atoms in total. The van der Waals surface area contributed by atoms with Crippen LogP contribution < -0.4 is 5.32 Å². The molecule has 0 aliphatic heterocycles. The fourth-order valence-electron chi connectivity index (χ4n) is 4.34. The van der Waals surface area contributed by atoms with Crippen LogP contribution in [0.15, 0.2) is 23.1 Å². The third-order valence-electron chi connectivity index (χ3n) is 6.12. The molecule has 0 saturated heterocycles. The molecule has 31 heavy (non-hydrogen) atoms. The summed E-state index contributed by atoms with van der Waals surface area (Å²) in [7, 11) is -1.75. The van der Waals surface area contributed by atoms with Crippen molar-refractivity contribution in [3.63, 3.8) is 0 Å². The molecular formula is C21H28N6O3S. The van der Waals surface area contributed by atoms with Gasteiger partial charge in [-0.15, -0.1) is 10.2 Å². The summed E-state index contributed by atoms with van der Waals surface area (Å²) in [5, 5.41) is 11.8. The molecule has 1 fully saturated rings. The van der Waals surface area contributed by atoms with Gasteiger partial charge >= 0.3 is 0 Å². The number of carbonyl (C=O) groups excluding carboxylic acids is 1. The van der Waals surface area contributed by atoms with Gasteiger partial charge in [0.15, 0.2) is 5.65 Å². The van der Waals surface area contributed by atoms with E-state index in [-0.39, 0.29) is 22.7 Å². The molecule has 3 aromatic rings. The highest BCUT2D eigenvalue weighted by Crippen LogP contribution is 2.29. The Labute approximate surface area is 181 Å². The van der Waals surface area contributed by atoms with Gasteiger partial charge in [0.1, 0.15) is 5.52 Å². The average Bonchev–Trinajstić information content (AvgIpc) is 3.06. The van der Waals surface area contributed by atoms with Gasteiger partial charge < -0.3 is 4.57 Å². The summed E-state index contributed by atoms with van der Waals surface area (Å²) in [5.74, 6) is 0.102. The molecule has 2 aromatic heterocycles. The molecular weight excluding hydrogens is 416 g/mol. The van der Waals surface area contributed by atoms with E-state index < -0.39 is 10.0 Å². The second-order valence-corrected chi connectivity index (χ2v) is 9.90. The number of hydrogen-bond donors (Lipinski definition) is 1. The molecule has 0 unspecified atom stereocenters. The van der Waals surface area contributed by atoms with Crippen LogP contribution in [0.5, 0.6) is 0 Å². The number of rotatable bonds is 6. The topological polar surface area (TPSA) is 110 Å². The number of benzene rings is 1. The Morgan fingerprint density at radius 1 is 1.16 bits per heavy atom. The number of sulfonamides is 1. The van der Waals surface area contributed by atoms with Gasteiger partial charge in [-0.05, 0) is 31.0 Å². The van der Waals surface area contributed by atoms with E-state index in [9.17, 15) is 13.2 Å². The van der Waals surface area contributed by atoms with Crippen molar-refractivity contribution in [3.05, 3.63) is 18.2 Å². The van der Waals surface area contributed by atoms with E-state index in [1.165, 1.54) is 10.7 Å². The Balaban J connectivity index is 1.71. The van der Waals surface area contributed by atoms with Crippen LogP contribution in [0, 0.1) is 5.92 Å². The van der Waals surface area contributed by atoms with Gasteiger partial charge in [0, 0.05) is 31.4 Å². The lowest BCUT2D eigenvalue weighted by Gasteiger charge is -2.19. The highest BCUT2D eigenvalue weighted by atomic mass is 32.2. The fraction of sp³-hybridized carbons (Fsp3) is 0.524. The first-order valence-corrected chi connectivity index (χ1v) is 12.2. The number of carbonyl (C=O) groups is 1. The number of aromatic nitrogens is 4. The van der Waals surface area contributed by atoms with Gasteiger partial charge in [-0.1, -0.05) is 33.1 Å². The van der Waals surface area contributed by atoms with E-state index in [1.54, 1.807) is 18.2 Å². The molecule has 10 heteroatoms. The van der Waals surface area contributed by atoms with Gasteiger partial charge in [0.25, 0.3) is 5.95 Å². The number of anilines is 1. The van der Waals surface area contributed by atoms with E-state index in [4.69, 9.17) is 0 Å². The Bertz CT molecular complexity index is 1230. The Morgan fingerprint density at radius 2 is 1.87 bits per heavy atom. The van der Waals surface area contributed by atoms with Crippen molar-refractivity contribution < 1.29 is 13.2 Å². The summed E-state index contributed by atoms with van der Waals surface area (Å²) in [5.41, 5.74) is 1.84. The number of nitrogens with zero attached hydrogens (tertiary/aromatic N) is 5. The van der Waals surface area contributed by atoms with Gasteiger partial charge in [-0.3, -0.25) is 10.1 Å². The zero-order valence-corrected chi connectivity index (χ0v) is 18.9. The van der Waals surface area contributed by atoms with Crippen LogP contribution in [0.3, 0.4) is 0 Å². The van der Waals surface area contributed by atoms with Crippen molar-refractivity contribution in [2.75, 3.05) is 18.4 Å². The smallest absolute Gasteiger partial charge is 0.251 e. The Morgan fingerprint density at radius 3 is 2.55 bits per heavy atom. The predicted molar refractivity (Wildman–Crippen MR) is 119 cm³/mol. The molecule has 0 atom stereocenters. The van der Waals surface area contributed by atoms with E-state index >= 15 is 0 Å². The molecule has 1 aliphatic carbocycles. The maximum absolute atomic E-state index is 12.9. The van der Waals surface area contributed by atoms with E-state index in [1.807, 2.05) is 25.5 Å². The minimum atomic E-state index is -3.59. The lowest BCUT2D eigenvalue weighted by Crippen LogP contribution is -2.30. The van der Waals surface area contributed by atoms with Crippen LogP contribution in [0.25, 0.3) is 22.1 Å². The molecule has 166 valence electrons. The first-order valence-electron chi connectivity index (χ1n) is 10.8. The van der Waals surface area contributed by atoms with Crippen LogP contribution >= 0.6 is 0 Å². The van der Waals surface area contributed by atoms with Crippen molar-refractivity contribution in [3.8, 4) is 0 Å². The number of aryl methyl sites for hydroxylation is 1. The van der Waals surface area contributed by atoms with Gasteiger partial charge in [0.05, 0.1) is 10.4 Å². The summed E-state index contributed by atoms with van der Waals surface area (Å²) < 4.78 is 29.1. The van der Waals surface area contributed by atoms with Crippen molar-refractivity contribution in [1.29, 1.82) is 0 Å². The summed E-state index contributed by atoms with van der Waals surface area (Å²) in [6.07, 6.45) is 5.09. The van der Waals surface area contributed by atoms with E-state index in [2.05, 4.69) is 20.5 Å². The minimum Gasteiger partial charge on any atom is -0.327 e. The predicted octanol–water partition coefficient (Wildman–Crippen LogP) is 3.07.